The molecule has 1 unspecified atom stereocenters. The van der Waals surface area contributed by atoms with E-state index in [1.54, 1.807) is 0 Å². The van der Waals surface area contributed by atoms with Crippen LogP contribution in [-0.4, -0.2) is 52.3 Å². The molecular weight excluding hydrogens is 571 g/mol. The second-order valence-electron chi connectivity index (χ2n) is 10.6. The number of rotatable bonds is 28. The predicted molar refractivity (Wildman–Crippen MR) is 171 cm³/mol. The Morgan fingerprint density at radius 2 is 1.26 bits per heavy atom. The Morgan fingerprint density at radius 3 is 1.86 bits per heavy atom. The molecule has 0 saturated heterocycles. The van der Waals surface area contributed by atoms with Crippen molar-refractivity contribution in [2.45, 2.75) is 135 Å². The predicted octanol–water partition coefficient (Wildman–Crippen LogP) is 7.81. The summed E-state index contributed by atoms with van der Waals surface area (Å²) in [6.07, 6.45) is 29.3. The summed E-state index contributed by atoms with van der Waals surface area (Å²) in [5.41, 5.74) is 0. The second kappa shape index (κ2) is 28.7. The summed E-state index contributed by atoms with van der Waals surface area (Å²) in [7, 11) is -4.76. The summed E-state index contributed by atoms with van der Waals surface area (Å²) in [6, 6.07) is 0. The van der Waals surface area contributed by atoms with E-state index >= 15 is 0 Å². The first-order valence-corrected chi connectivity index (χ1v) is 17.5. The van der Waals surface area contributed by atoms with Gasteiger partial charge in [0.25, 0.3) is 0 Å². The highest BCUT2D eigenvalue weighted by atomic mass is 31.2. The zero-order valence-electron chi connectivity index (χ0n) is 26.4. The molecule has 0 aliphatic rings. The van der Waals surface area contributed by atoms with Crippen LogP contribution in [0.25, 0.3) is 0 Å². The number of phosphoric acid groups is 1. The maximum atomic E-state index is 12.2. The van der Waals surface area contributed by atoms with E-state index in [0.29, 0.717) is 25.7 Å². The van der Waals surface area contributed by atoms with Crippen molar-refractivity contribution in [3.63, 3.8) is 0 Å². The minimum atomic E-state index is -4.76. The average molecular weight is 629 g/mol. The molecule has 0 saturated carbocycles. The van der Waals surface area contributed by atoms with E-state index in [9.17, 15) is 19.3 Å². The summed E-state index contributed by atoms with van der Waals surface area (Å²) in [6.45, 7) is 3.34. The Labute approximate surface area is 259 Å². The number of allylic oxidation sites excluding steroid dienone is 7. The first-order chi connectivity index (χ1) is 20.7. The van der Waals surface area contributed by atoms with Gasteiger partial charge < -0.3 is 24.4 Å². The number of esters is 2. The van der Waals surface area contributed by atoms with E-state index in [1.807, 2.05) is 18.2 Å². The summed E-state index contributed by atoms with van der Waals surface area (Å²) in [5, 5.41) is 9.67. The third kappa shape index (κ3) is 31.2. The maximum absolute atomic E-state index is 12.2. The Bertz CT molecular complexity index is 860. The lowest BCUT2D eigenvalue weighted by Crippen LogP contribution is -2.29. The van der Waals surface area contributed by atoms with Gasteiger partial charge in [-0.25, -0.2) is 4.57 Å². The highest BCUT2D eigenvalue weighted by molar-refractivity contribution is 7.46. The van der Waals surface area contributed by atoms with Gasteiger partial charge >= 0.3 is 19.8 Å². The summed E-state index contributed by atoms with van der Waals surface area (Å²) >= 11 is 0. The number of aliphatic hydroxyl groups is 1. The fourth-order valence-corrected chi connectivity index (χ4v) is 4.39. The monoisotopic (exact) mass is 628 g/mol. The highest BCUT2D eigenvalue weighted by Gasteiger charge is 2.22. The van der Waals surface area contributed by atoms with Gasteiger partial charge in [-0.3, -0.25) is 14.1 Å². The number of carbonyl (C=O) groups excluding carboxylic acids is 2. The molecule has 10 heteroatoms. The molecule has 9 nitrogen and oxygen atoms in total. The van der Waals surface area contributed by atoms with Crippen molar-refractivity contribution >= 4 is 19.8 Å². The van der Waals surface area contributed by atoms with Crippen molar-refractivity contribution in [1.29, 1.82) is 0 Å². The molecule has 0 aromatic rings. The third-order valence-electron chi connectivity index (χ3n) is 6.41. The Hall–Kier alpha value is -2.03. The molecule has 0 fully saturated rings. The van der Waals surface area contributed by atoms with Crippen molar-refractivity contribution in [3.05, 3.63) is 48.6 Å². The van der Waals surface area contributed by atoms with Crippen LogP contribution < -0.4 is 0 Å². The van der Waals surface area contributed by atoms with Crippen molar-refractivity contribution in [1.82, 2.24) is 0 Å². The molecule has 3 N–H and O–H groups in total. The maximum Gasteiger partial charge on any atom is 0.469 e. The molecule has 0 aromatic carbocycles. The van der Waals surface area contributed by atoms with Gasteiger partial charge in [-0.15, -0.1) is 0 Å². The smallest absolute Gasteiger partial charge is 0.462 e. The molecular formula is C33H57O9P. The topological polar surface area (TPSA) is 140 Å². The molecule has 0 spiro atoms. The number of ether oxygens (including phenoxy) is 2. The summed E-state index contributed by atoms with van der Waals surface area (Å²) < 4.78 is 26.0. The number of unbranched alkanes of at least 4 members (excludes halogenated alkanes) is 7. The lowest BCUT2D eigenvalue weighted by Gasteiger charge is -2.18. The molecule has 0 aliphatic carbocycles. The van der Waals surface area contributed by atoms with Crippen molar-refractivity contribution in [2.24, 2.45) is 0 Å². The number of hydrogen-bond acceptors (Lipinski definition) is 7. The summed E-state index contributed by atoms with van der Waals surface area (Å²) in [4.78, 5) is 42.3. The Morgan fingerprint density at radius 1 is 0.698 bits per heavy atom. The van der Waals surface area contributed by atoms with Crippen LogP contribution in [0.2, 0.25) is 0 Å². The largest absolute Gasteiger partial charge is 0.469 e. The van der Waals surface area contributed by atoms with Gasteiger partial charge in [-0.05, 0) is 51.4 Å². The van der Waals surface area contributed by atoms with E-state index in [4.69, 9.17) is 19.3 Å². The van der Waals surface area contributed by atoms with Gasteiger partial charge in [0.15, 0.2) is 6.10 Å². The van der Waals surface area contributed by atoms with Crippen molar-refractivity contribution in [3.8, 4) is 0 Å². The molecule has 248 valence electrons. The number of carbonyl (C=O) groups is 2. The Kier molecular flexibility index (Phi) is 27.4. The van der Waals surface area contributed by atoms with Crippen molar-refractivity contribution < 1.29 is 43.0 Å². The molecule has 0 radical (unpaired) electrons. The molecule has 0 heterocycles. The number of phosphoric ester groups is 1. The first kappa shape index (κ1) is 41.0. The lowest BCUT2D eigenvalue weighted by molar-refractivity contribution is -0.161. The second-order valence-corrected chi connectivity index (χ2v) is 11.9. The van der Waals surface area contributed by atoms with Crippen LogP contribution in [0.1, 0.15) is 123 Å². The zero-order chi connectivity index (χ0) is 32.0. The van der Waals surface area contributed by atoms with Crippen molar-refractivity contribution in [2.75, 3.05) is 13.2 Å². The molecule has 0 bridgehead atoms. The van der Waals surface area contributed by atoms with Gasteiger partial charge in [0.2, 0.25) is 0 Å². The number of hydrogen-bond donors (Lipinski definition) is 3. The normalized spacial score (nSPS) is 13.9. The van der Waals surface area contributed by atoms with Crippen LogP contribution >= 0.6 is 7.82 Å². The minimum Gasteiger partial charge on any atom is -0.462 e. The van der Waals surface area contributed by atoms with Crippen LogP contribution in [0.3, 0.4) is 0 Å². The average Bonchev–Trinajstić information content (AvgIpc) is 2.95. The van der Waals surface area contributed by atoms with E-state index in [2.05, 4.69) is 48.8 Å². The third-order valence-corrected chi connectivity index (χ3v) is 6.89. The Balaban J connectivity index is 4.13. The van der Waals surface area contributed by atoms with E-state index in [0.717, 1.165) is 51.4 Å². The molecule has 2 atom stereocenters. The minimum absolute atomic E-state index is 0.176. The van der Waals surface area contributed by atoms with Gasteiger partial charge in [0.05, 0.1) is 12.7 Å². The molecule has 0 rings (SSSR count). The van der Waals surface area contributed by atoms with Crippen LogP contribution in [0.15, 0.2) is 48.6 Å². The SMILES string of the molecule is CCCCCCCCCC(=O)O[C@H](COC(=O)CCC/C=C\C/C=C\C/C=C\C/C=C\CC(O)CCC)COP(=O)(O)O. The zero-order valence-corrected chi connectivity index (χ0v) is 27.3. The van der Waals surface area contributed by atoms with E-state index in [-0.39, 0.29) is 25.6 Å². The van der Waals surface area contributed by atoms with E-state index in [1.165, 1.54) is 19.3 Å². The number of aliphatic hydroxyl groups excluding tert-OH is 1. The lowest BCUT2D eigenvalue weighted by atomic mass is 10.1. The van der Waals surface area contributed by atoms with Crippen LogP contribution in [-0.2, 0) is 28.2 Å². The molecule has 0 amide bonds. The highest BCUT2D eigenvalue weighted by Crippen LogP contribution is 2.35. The quantitative estimate of drug-likeness (QED) is 0.0342. The van der Waals surface area contributed by atoms with Gasteiger partial charge in [0, 0.05) is 12.8 Å². The molecule has 0 aliphatic heterocycles. The van der Waals surface area contributed by atoms with Gasteiger partial charge in [0.1, 0.15) is 6.61 Å². The fraction of sp³-hybridized carbons (Fsp3) is 0.697. The molecule has 43 heavy (non-hydrogen) atoms. The summed E-state index contributed by atoms with van der Waals surface area (Å²) in [5.74, 6) is -0.984. The first-order valence-electron chi connectivity index (χ1n) is 16.0. The van der Waals surface area contributed by atoms with E-state index < -0.39 is 32.5 Å². The van der Waals surface area contributed by atoms with Crippen LogP contribution in [0.4, 0.5) is 0 Å². The standard InChI is InChI=1S/C33H57O9P/c1-3-5-6-7-15-20-23-27-33(36)42-31(29-41-43(37,38)39)28-40-32(35)26-22-19-17-14-12-10-8-9-11-13-16-18-21-25-30(34)24-4-2/h8,10-11,13-14,17-18,21,30-31,34H,3-7,9,12,15-16,19-20,22-29H2,1-2H3,(H2,37,38,39)/b10-8-,13-11-,17-14-,21-18-/t30?,31-/m1/s1. The van der Waals surface area contributed by atoms with Gasteiger partial charge in [-0.2, -0.15) is 0 Å². The van der Waals surface area contributed by atoms with Gasteiger partial charge in [-0.1, -0.05) is 107 Å². The fourth-order valence-electron chi connectivity index (χ4n) is 4.03. The molecule has 0 aromatic heterocycles. The van der Waals surface area contributed by atoms with Crippen LogP contribution in [0, 0.1) is 0 Å². The van der Waals surface area contributed by atoms with Crippen LogP contribution in [0.5, 0.6) is 0 Å².